The Balaban J connectivity index is 0. The molecule has 2 nitrogen and oxygen atoms in total. The Bertz CT molecular complexity index is 232. The van der Waals surface area contributed by atoms with Crippen LogP contribution in [0.1, 0.15) is 90.9 Å². The molecule has 1 N–H and O–H groups in total. The SMILES string of the molecule is CC(=O)/C=C(/C)O.[CH]1[CH]CCCCCC1.[CH]1[CH]CCCCCC1.[Rh]. The summed E-state index contributed by atoms with van der Waals surface area (Å²) in [6, 6.07) is 0. The van der Waals surface area contributed by atoms with Crippen molar-refractivity contribution in [3.63, 3.8) is 0 Å². The van der Waals surface area contributed by atoms with Crippen molar-refractivity contribution in [2.24, 2.45) is 0 Å². The Labute approximate surface area is 163 Å². The molecule has 0 spiro atoms. The van der Waals surface area contributed by atoms with E-state index in [9.17, 15) is 4.79 Å². The number of aliphatic hydroxyl groups is 1. The molecule has 0 unspecified atom stereocenters. The van der Waals surface area contributed by atoms with Crippen molar-refractivity contribution in [1.29, 1.82) is 0 Å². The standard InChI is InChI=1S/2C8H14.C5H8O2.Rh/c2*1-2-4-6-8-7-5-3-1;1-4(6)3-5(2)7;/h2*1-2H,3-8H2;3,6H,1-2H3;/b;;4-3-;. The second kappa shape index (κ2) is 20.9. The van der Waals surface area contributed by atoms with Crippen molar-refractivity contribution >= 4 is 5.78 Å². The molecular weight excluding hydrogens is 387 g/mol. The number of aliphatic hydroxyl groups excluding tert-OH is 1. The second-order valence-corrected chi connectivity index (χ2v) is 6.32. The minimum absolute atomic E-state index is 0. The Kier molecular flexibility index (Phi) is 22.7. The van der Waals surface area contributed by atoms with Gasteiger partial charge >= 0.3 is 0 Å². The van der Waals surface area contributed by atoms with Crippen LogP contribution in [-0.2, 0) is 24.3 Å². The number of hydrogen-bond donors (Lipinski definition) is 1. The van der Waals surface area contributed by atoms with Gasteiger partial charge in [0.25, 0.3) is 0 Å². The van der Waals surface area contributed by atoms with Gasteiger partial charge < -0.3 is 5.11 Å². The Morgan fingerprint density at radius 3 is 1.17 bits per heavy atom. The van der Waals surface area contributed by atoms with Crippen molar-refractivity contribution in [3.05, 3.63) is 37.5 Å². The molecule has 2 aliphatic carbocycles. The quantitative estimate of drug-likeness (QED) is 0.296. The fraction of sp³-hybridized carbons (Fsp3) is 0.667. The van der Waals surface area contributed by atoms with Gasteiger partial charge in [0.15, 0.2) is 5.78 Å². The third-order valence-corrected chi connectivity index (χ3v) is 3.73. The van der Waals surface area contributed by atoms with Crippen LogP contribution < -0.4 is 0 Å². The van der Waals surface area contributed by atoms with Gasteiger partial charge in [-0.1, -0.05) is 51.4 Å². The first-order valence-corrected chi connectivity index (χ1v) is 9.30. The molecule has 2 saturated carbocycles. The Hall–Kier alpha value is -0.167. The van der Waals surface area contributed by atoms with Crippen molar-refractivity contribution in [3.8, 4) is 0 Å². The number of hydrogen-bond acceptors (Lipinski definition) is 2. The van der Waals surface area contributed by atoms with Crippen LogP contribution in [0.5, 0.6) is 0 Å². The summed E-state index contributed by atoms with van der Waals surface area (Å²) in [5.74, 6) is -0.0625. The van der Waals surface area contributed by atoms with Gasteiger partial charge in [0.05, 0.1) is 5.76 Å². The van der Waals surface area contributed by atoms with Gasteiger partial charge in [-0.2, -0.15) is 0 Å². The average Bonchev–Trinajstić information content (AvgIpc) is 2.36. The number of rotatable bonds is 1. The third-order valence-electron chi connectivity index (χ3n) is 3.73. The van der Waals surface area contributed by atoms with Crippen LogP contribution in [0.3, 0.4) is 0 Å². The van der Waals surface area contributed by atoms with E-state index >= 15 is 0 Å². The first kappa shape index (κ1) is 26.1. The maximum absolute atomic E-state index is 10.0. The number of allylic oxidation sites excluding steroid dienone is 2. The van der Waals surface area contributed by atoms with Crippen LogP contribution in [-0.4, -0.2) is 10.9 Å². The van der Waals surface area contributed by atoms with E-state index < -0.39 is 0 Å². The summed E-state index contributed by atoms with van der Waals surface area (Å²) in [7, 11) is 0. The van der Waals surface area contributed by atoms with Gasteiger partial charge in [0.2, 0.25) is 0 Å². The van der Waals surface area contributed by atoms with Crippen molar-refractivity contribution in [2.45, 2.75) is 90.9 Å². The fourth-order valence-corrected chi connectivity index (χ4v) is 2.52. The molecule has 0 bridgehead atoms. The van der Waals surface area contributed by atoms with Crippen LogP contribution in [0.15, 0.2) is 11.8 Å². The van der Waals surface area contributed by atoms with Gasteiger partial charge in [-0.25, -0.2) is 0 Å². The molecule has 141 valence electrons. The minimum Gasteiger partial charge on any atom is -0.512 e. The molecule has 5 radical (unpaired) electrons. The van der Waals surface area contributed by atoms with Crippen molar-refractivity contribution in [2.75, 3.05) is 0 Å². The summed E-state index contributed by atoms with van der Waals surface area (Å²) in [6.07, 6.45) is 27.2. The fourth-order valence-electron chi connectivity index (χ4n) is 2.52. The van der Waals surface area contributed by atoms with E-state index in [1.807, 2.05) is 0 Å². The van der Waals surface area contributed by atoms with Gasteiger partial charge in [-0.15, -0.1) is 0 Å². The maximum Gasteiger partial charge on any atom is 0.155 e. The summed E-state index contributed by atoms with van der Waals surface area (Å²) in [4.78, 5) is 10.0. The summed E-state index contributed by atoms with van der Waals surface area (Å²) in [6.45, 7) is 2.85. The van der Waals surface area contributed by atoms with Crippen LogP contribution in [0, 0.1) is 25.7 Å². The summed E-state index contributed by atoms with van der Waals surface area (Å²) in [5.41, 5.74) is 0. The molecule has 2 rings (SSSR count). The van der Waals surface area contributed by atoms with Crippen molar-refractivity contribution < 1.29 is 29.4 Å². The molecule has 0 aromatic carbocycles. The van der Waals surface area contributed by atoms with Crippen LogP contribution in [0.4, 0.5) is 0 Å². The molecule has 0 aliphatic heterocycles. The topological polar surface area (TPSA) is 37.3 Å². The normalized spacial score (nSPS) is 19.3. The predicted molar refractivity (Wildman–Crippen MR) is 99.7 cm³/mol. The van der Waals surface area contributed by atoms with E-state index in [-0.39, 0.29) is 31.0 Å². The number of carbonyl (C=O) groups excluding carboxylic acids is 1. The third kappa shape index (κ3) is 24.1. The monoisotopic (exact) mass is 423 g/mol. The van der Waals surface area contributed by atoms with E-state index in [1.165, 1.54) is 97.0 Å². The first-order valence-electron chi connectivity index (χ1n) is 9.30. The molecule has 2 fully saturated rings. The summed E-state index contributed by atoms with van der Waals surface area (Å²) in [5, 5.41) is 8.36. The molecule has 0 aromatic rings. The van der Waals surface area contributed by atoms with Crippen molar-refractivity contribution in [1.82, 2.24) is 0 Å². The smallest absolute Gasteiger partial charge is 0.155 e. The molecule has 24 heavy (non-hydrogen) atoms. The zero-order chi connectivity index (χ0) is 17.2. The van der Waals surface area contributed by atoms with E-state index in [4.69, 9.17) is 5.11 Å². The van der Waals surface area contributed by atoms with Crippen LogP contribution >= 0.6 is 0 Å². The molecule has 3 heteroatoms. The summed E-state index contributed by atoms with van der Waals surface area (Å²) < 4.78 is 0. The van der Waals surface area contributed by atoms with E-state index in [2.05, 4.69) is 25.7 Å². The molecule has 0 aromatic heterocycles. The average molecular weight is 423 g/mol. The maximum atomic E-state index is 10.0. The molecular formula is C21H36O2Rh. The minimum atomic E-state index is -0.125. The van der Waals surface area contributed by atoms with Gasteiger partial charge in [0, 0.05) is 25.6 Å². The van der Waals surface area contributed by atoms with E-state index in [1.54, 1.807) is 0 Å². The van der Waals surface area contributed by atoms with Gasteiger partial charge in [-0.05, 0) is 65.2 Å². The molecule has 0 amide bonds. The Morgan fingerprint density at radius 2 is 1.00 bits per heavy atom. The molecule has 2 aliphatic rings. The zero-order valence-electron chi connectivity index (χ0n) is 15.6. The van der Waals surface area contributed by atoms with Gasteiger partial charge in [-0.3, -0.25) is 4.79 Å². The number of carbonyl (C=O) groups is 1. The first-order chi connectivity index (χ1) is 11.1. The van der Waals surface area contributed by atoms with Crippen LogP contribution in [0.2, 0.25) is 0 Å². The molecule has 0 atom stereocenters. The van der Waals surface area contributed by atoms with E-state index in [0.717, 1.165) is 0 Å². The number of ketones is 1. The largest absolute Gasteiger partial charge is 0.512 e. The molecule has 0 heterocycles. The van der Waals surface area contributed by atoms with Gasteiger partial charge in [0.1, 0.15) is 0 Å². The van der Waals surface area contributed by atoms with Crippen LogP contribution in [0.25, 0.3) is 0 Å². The molecule has 0 saturated heterocycles. The second-order valence-electron chi connectivity index (χ2n) is 6.32. The Morgan fingerprint density at radius 1 is 0.708 bits per heavy atom. The van der Waals surface area contributed by atoms with E-state index in [0.29, 0.717) is 0 Å². The summed E-state index contributed by atoms with van der Waals surface area (Å²) >= 11 is 0. The zero-order valence-corrected chi connectivity index (χ0v) is 17.2. The predicted octanol–water partition coefficient (Wildman–Crippen LogP) is 6.53.